The Morgan fingerprint density at radius 2 is 2.29 bits per heavy atom. The minimum atomic E-state index is 0.0417. The van der Waals surface area contributed by atoms with Crippen molar-refractivity contribution in [2.45, 2.75) is 25.8 Å². The largest absolute Gasteiger partial charge is 0.310 e. The smallest absolute Gasteiger partial charge is 0.233 e. The molecule has 1 saturated carbocycles. The third kappa shape index (κ3) is 0.507. The Morgan fingerprint density at radius 3 is 2.29 bits per heavy atom. The molecule has 1 aliphatic rings. The van der Waals surface area contributed by atoms with Crippen molar-refractivity contribution >= 4 is 0 Å². The van der Waals surface area contributed by atoms with Crippen molar-refractivity contribution in [3.8, 4) is 0 Å². The van der Waals surface area contributed by atoms with E-state index in [0.717, 1.165) is 6.42 Å². The fraction of sp³-hybridized carbons (Fsp3) is 0.833. The number of nitrogens with zero attached hydrogens (tertiary/aromatic N) is 1. The summed E-state index contributed by atoms with van der Waals surface area (Å²) in [5.41, 5.74) is 0.0417. The van der Waals surface area contributed by atoms with Gasteiger partial charge in [0.2, 0.25) is 5.54 Å². The third-order valence-electron chi connectivity index (χ3n) is 1.88. The molecule has 0 aromatic rings. The highest BCUT2D eigenvalue weighted by molar-refractivity contribution is 5.12. The molecule has 1 aliphatic carbocycles. The fourth-order valence-corrected chi connectivity index (χ4v) is 0.717. The zero-order valence-corrected chi connectivity index (χ0v) is 4.73. The van der Waals surface area contributed by atoms with Crippen LogP contribution < -0.4 is 0 Å². The molecule has 0 aliphatic heterocycles. The SMILES string of the molecule is [C-]#[N+]C1(C)CC1C. The van der Waals surface area contributed by atoms with Crippen LogP contribution in [0.15, 0.2) is 0 Å². The molecule has 0 saturated heterocycles. The lowest BCUT2D eigenvalue weighted by Crippen LogP contribution is -1.93. The summed E-state index contributed by atoms with van der Waals surface area (Å²) in [7, 11) is 0. The molecule has 0 heterocycles. The van der Waals surface area contributed by atoms with E-state index >= 15 is 0 Å². The van der Waals surface area contributed by atoms with Gasteiger partial charge in [0.1, 0.15) is 0 Å². The molecule has 0 aromatic heterocycles. The molecule has 38 valence electrons. The first-order valence-electron chi connectivity index (χ1n) is 2.58. The molecule has 0 N–H and O–H groups in total. The van der Waals surface area contributed by atoms with E-state index in [-0.39, 0.29) is 5.54 Å². The van der Waals surface area contributed by atoms with Gasteiger partial charge in [-0.2, -0.15) is 0 Å². The number of hydrogen-bond donors (Lipinski definition) is 0. The van der Waals surface area contributed by atoms with Crippen molar-refractivity contribution in [3.05, 3.63) is 11.4 Å². The first-order chi connectivity index (χ1) is 3.19. The summed E-state index contributed by atoms with van der Waals surface area (Å²) in [6.07, 6.45) is 1.11. The summed E-state index contributed by atoms with van der Waals surface area (Å²) >= 11 is 0. The van der Waals surface area contributed by atoms with Crippen LogP contribution in [-0.2, 0) is 0 Å². The second-order valence-electron chi connectivity index (χ2n) is 2.57. The lowest BCUT2D eigenvalue weighted by atomic mass is 10.3. The summed E-state index contributed by atoms with van der Waals surface area (Å²) < 4.78 is 0. The van der Waals surface area contributed by atoms with Crippen LogP contribution >= 0.6 is 0 Å². The third-order valence-corrected chi connectivity index (χ3v) is 1.88. The minimum absolute atomic E-state index is 0.0417. The normalized spacial score (nSPS) is 47.9. The number of hydrogen-bond acceptors (Lipinski definition) is 0. The first-order valence-corrected chi connectivity index (χ1v) is 2.58. The predicted molar refractivity (Wildman–Crippen MR) is 28.8 cm³/mol. The Morgan fingerprint density at radius 1 is 1.86 bits per heavy atom. The highest BCUT2D eigenvalue weighted by Crippen LogP contribution is 2.45. The highest BCUT2D eigenvalue weighted by atomic mass is 14.9. The van der Waals surface area contributed by atoms with Gasteiger partial charge in [0.05, 0.1) is 0 Å². The molecule has 0 spiro atoms. The summed E-state index contributed by atoms with van der Waals surface area (Å²) in [4.78, 5) is 3.46. The van der Waals surface area contributed by atoms with Crippen molar-refractivity contribution in [1.82, 2.24) is 0 Å². The van der Waals surface area contributed by atoms with Crippen LogP contribution in [0.2, 0.25) is 0 Å². The van der Waals surface area contributed by atoms with Gasteiger partial charge in [0.25, 0.3) is 0 Å². The minimum Gasteiger partial charge on any atom is -0.310 e. The Balaban J connectivity index is 2.57. The van der Waals surface area contributed by atoms with Crippen molar-refractivity contribution in [2.75, 3.05) is 0 Å². The van der Waals surface area contributed by atoms with Gasteiger partial charge in [-0.05, 0) is 0 Å². The molecular weight excluding hydrogens is 86.1 g/mol. The van der Waals surface area contributed by atoms with Crippen LogP contribution in [0.5, 0.6) is 0 Å². The molecule has 1 rings (SSSR count). The van der Waals surface area contributed by atoms with E-state index in [1.54, 1.807) is 0 Å². The van der Waals surface area contributed by atoms with E-state index in [9.17, 15) is 0 Å². The Bertz CT molecular complexity index is 123. The maximum Gasteiger partial charge on any atom is 0.233 e. The average molecular weight is 95.1 g/mol. The molecule has 2 unspecified atom stereocenters. The van der Waals surface area contributed by atoms with E-state index in [1.807, 2.05) is 6.92 Å². The molecule has 0 radical (unpaired) electrons. The van der Waals surface area contributed by atoms with Gasteiger partial charge >= 0.3 is 0 Å². The predicted octanol–water partition coefficient (Wildman–Crippen LogP) is 1.70. The Hall–Kier alpha value is -0.510. The van der Waals surface area contributed by atoms with Gasteiger partial charge in [-0.25, -0.2) is 6.57 Å². The molecule has 0 bridgehead atoms. The maximum atomic E-state index is 6.67. The van der Waals surface area contributed by atoms with Crippen molar-refractivity contribution < 1.29 is 0 Å². The Labute approximate surface area is 44.2 Å². The quantitative estimate of drug-likeness (QED) is 0.403. The average Bonchev–Trinajstić information content (AvgIpc) is 2.18. The van der Waals surface area contributed by atoms with Gasteiger partial charge < -0.3 is 4.85 Å². The van der Waals surface area contributed by atoms with Gasteiger partial charge in [0.15, 0.2) is 0 Å². The standard InChI is InChI=1S/C6H9N/c1-5-4-6(5,2)7-3/h5H,4H2,1-2H3. The molecule has 1 heteroatoms. The van der Waals surface area contributed by atoms with E-state index < -0.39 is 0 Å². The summed E-state index contributed by atoms with van der Waals surface area (Å²) in [5, 5.41) is 0. The van der Waals surface area contributed by atoms with Crippen LogP contribution in [-0.4, -0.2) is 5.54 Å². The Kier molecular flexibility index (Phi) is 0.667. The monoisotopic (exact) mass is 95.1 g/mol. The first kappa shape index (κ1) is 4.64. The lowest BCUT2D eigenvalue weighted by Gasteiger charge is -1.85. The van der Waals surface area contributed by atoms with E-state index in [0.29, 0.717) is 5.92 Å². The fourth-order valence-electron chi connectivity index (χ4n) is 0.717. The lowest BCUT2D eigenvalue weighted by molar-refractivity contribution is 0.790. The zero-order valence-electron chi connectivity index (χ0n) is 4.73. The maximum absolute atomic E-state index is 6.67. The van der Waals surface area contributed by atoms with E-state index in [1.165, 1.54) is 0 Å². The van der Waals surface area contributed by atoms with Gasteiger partial charge in [-0.15, -0.1) is 0 Å². The summed E-state index contributed by atoms with van der Waals surface area (Å²) in [6, 6.07) is 0. The zero-order chi connectivity index (χ0) is 5.49. The topological polar surface area (TPSA) is 4.36 Å². The van der Waals surface area contributed by atoms with Crippen LogP contribution in [0.3, 0.4) is 0 Å². The highest BCUT2D eigenvalue weighted by Gasteiger charge is 2.54. The van der Waals surface area contributed by atoms with Crippen LogP contribution in [0, 0.1) is 12.5 Å². The summed E-state index contributed by atoms with van der Waals surface area (Å²) in [6.45, 7) is 10.8. The molecule has 0 amide bonds. The van der Waals surface area contributed by atoms with Crippen LogP contribution in [0.25, 0.3) is 4.85 Å². The number of rotatable bonds is 0. The molecule has 1 fully saturated rings. The molecule has 0 aromatic carbocycles. The molecule has 1 nitrogen and oxygen atoms in total. The van der Waals surface area contributed by atoms with Crippen molar-refractivity contribution in [2.24, 2.45) is 5.92 Å². The molecule has 7 heavy (non-hydrogen) atoms. The molecule has 2 atom stereocenters. The van der Waals surface area contributed by atoms with Crippen molar-refractivity contribution in [1.29, 1.82) is 0 Å². The van der Waals surface area contributed by atoms with Crippen molar-refractivity contribution in [3.63, 3.8) is 0 Å². The van der Waals surface area contributed by atoms with Crippen LogP contribution in [0.1, 0.15) is 20.3 Å². The van der Waals surface area contributed by atoms with Gasteiger partial charge in [-0.3, -0.25) is 0 Å². The van der Waals surface area contributed by atoms with Crippen LogP contribution in [0.4, 0.5) is 0 Å². The summed E-state index contributed by atoms with van der Waals surface area (Å²) in [5.74, 6) is 0.657. The van der Waals surface area contributed by atoms with E-state index in [4.69, 9.17) is 6.57 Å². The molecular formula is C6H9N. The van der Waals surface area contributed by atoms with E-state index in [2.05, 4.69) is 11.8 Å². The van der Waals surface area contributed by atoms with Gasteiger partial charge in [-0.1, -0.05) is 6.92 Å². The second-order valence-corrected chi connectivity index (χ2v) is 2.57. The van der Waals surface area contributed by atoms with Gasteiger partial charge in [0, 0.05) is 19.3 Å². The second kappa shape index (κ2) is 1.01.